The molecule has 0 radical (unpaired) electrons. The molecule has 3 aromatic rings. The molecule has 25 heavy (non-hydrogen) atoms. The number of nitrogens with one attached hydrogen (secondary N) is 2. The number of urea groups is 1. The molecular formula is C18H17FN4OS. The van der Waals surface area contributed by atoms with Crippen molar-refractivity contribution in [2.24, 2.45) is 0 Å². The molecular weight excluding hydrogens is 339 g/mol. The van der Waals surface area contributed by atoms with E-state index in [1.54, 1.807) is 28.6 Å². The maximum atomic E-state index is 14.3. The topological polar surface area (TPSA) is 61.0 Å². The van der Waals surface area contributed by atoms with Gasteiger partial charge in [0.05, 0.1) is 17.7 Å². The largest absolute Gasteiger partial charge is 0.357 e. The van der Waals surface area contributed by atoms with Gasteiger partial charge in [-0.2, -0.15) is 0 Å². The molecule has 0 spiro atoms. The molecule has 2 aromatic heterocycles. The van der Waals surface area contributed by atoms with Crippen molar-refractivity contribution in [2.75, 3.05) is 13.1 Å². The van der Waals surface area contributed by atoms with Crippen LogP contribution in [-0.2, 0) is 6.54 Å². The smallest absolute Gasteiger partial charge is 0.317 e. The number of benzene rings is 1. The summed E-state index contributed by atoms with van der Waals surface area (Å²) >= 11 is 1.50. The first kappa shape index (κ1) is 15.8. The van der Waals surface area contributed by atoms with Gasteiger partial charge in [0.2, 0.25) is 0 Å². The van der Waals surface area contributed by atoms with Gasteiger partial charge < -0.3 is 15.2 Å². The fraction of sp³-hybridized carbons (Fsp3) is 0.222. The van der Waals surface area contributed by atoms with Crippen molar-refractivity contribution in [3.63, 3.8) is 0 Å². The number of aromatic nitrogens is 2. The minimum Gasteiger partial charge on any atom is -0.357 e. The Morgan fingerprint density at radius 2 is 2.24 bits per heavy atom. The van der Waals surface area contributed by atoms with E-state index in [-0.39, 0.29) is 11.8 Å². The lowest BCUT2D eigenvalue weighted by Gasteiger charge is -2.30. The van der Waals surface area contributed by atoms with E-state index in [9.17, 15) is 9.18 Å². The van der Waals surface area contributed by atoms with E-state index >= 15 is 0 Å². The first-order valence-corrected chi connectivity index (χ1v) is 9.03. The Hall–Kier alpha value is -2.67. The number of carbonyl (C=O) groups is 1. The molecule has 5 nitrogen and oxygen atoms in total. The number of H-pyrrole nitrogens is 1. The van der Waals surface area contributed by atoms with E-state index in [2.05, 4.69) is 15.3 Å². The Morgan fingerprint density at radius 3 is 2.96 bits per heavy atom. The fourth-order valence-corrected chi connectivity index (χ4v) is 3.26. The molecule has 1 aliphatic heterocycles. The summed E-state index contributed by atoms with van der Waals surface area (Å²) in [4.78, 5) is 21.0. The van der Waals surface area contributed by atoms with Gasteiger partial charge in [0, 0.05) is 40.6 Å². The number of thiazole rings is 1. The summed E-state index contributed by atoms with van der Waals surface area (Å²) in [5.74, 6) is -0.283. The number of fused-ring (bicyclic) bond motifs is 1. The van der Waals surface area contributed by atoms with E-state index < -0.39 is 0 Å². The summed E-state index contributed by atoms with van der Waals surface area (Å²) < 4.78 is 14.3. The molecule has 0 saturated carbocycles. The van der Waals surface area contributed by atoms with Crippen LogP contribution < -0.4 is 5.32 Å². The molecule has 0 bridgehead atoms. The van der Waals surface area contributed by atoms with Crippen molar-refractivity contribution in [3.8, 4) is 0 Å². The predicted octanol–water partition coefficient (Wildman–Crippen LogP) is 3.85. The van der Waals surface area contributed by atoms with Gasteiger partial charge in [-0.1, -0.05) is 0 Å². The van der Waals surface area contributed by atoms with Gasteiger partial charge in [0.25, 0.3) is 0 Å². The molecule has 0 aliphatic carbocycles. The van der Waals surface area contributed by atoms with Crippen LogP contribution in [0.25, 0.3) is 23.1 Å². The SMILES string of the molecule is O=C(NCc1cc2cc(F)c(C=Cc3cscn3)cc2[nH]1)N1CCC1. The van der Waals surface area contributed by atoms with Crippen LogP contribution in [0.4, 0.5) is 9.18 Å². The zero-order chi connectivity index (χ0) is 17.2. The number of likely N-dealkylation sites (tertiary alicyclic amines) is 1. The predicted molar refractivity (Wildman–Crippen MR) is 97.7 cm³/mol. The van der Waals surface area contributed by atoms with Gasteiger partial charge in [-0.25, -0.2) is 14.2 Å². The van der Waals surface area contributed by atoms with E-state index in [1.165, 1.54) is 17.4 Å². The van der Waals surface area contributed by atoms with E-state index in [1.807, 2.05) is 11.4 Å². The molecule has 1 aliphatic rings. The molecule has 3 heterocycles. The first-order chi connectivity index (χ1) is 12.2. The second-order valence-electron chi connectivity index (χ2n) is 6.00. The Labute approximate surface area is 148 Å². The molecule has 2 amide bonds. The van der Waals surface area contributed by atoms with Gasteiger partial charge in [-0.05, 0) is 36.8 Å². The third-order valence-corrected chi connectivity index (χ3v) is 4.86. The normalized spacial score (nSPS) is 14.2. The highest BCUT2D eigenvalue weighted by Crippen LogP contribution is 2.22. The molecule has 2 N–H and O–H groups in total. The number of rotatable bonds is 4. The Kier molecular flexibility index (Phi) is 4.23. The second-order valence-corrected chi connectivity index (χ2v) is 6.72. The minimum atomic E-state index is -0.283. The van der Waals surface area contributed by atoms with Crippen molar-refractivity contribution in [3.05, 3.63) is 51.9 Å². The Bertz CT molecular complexity index is 928. The van der Waals surface area contributed by atoms with E-state index in [0.717, 1.165) is 41.8 Å². The van der Waals surface area contributed by atoms with Gasteiger partial charge in [0.1, 0.15) is 5.82 Å². The average Bonchev–Trinajstić information content (AvgIpc) is 3.17. The highest BCUT2D eigenvalue weighted by molar-refractivity contribution is 7.07. The second kappa shape index (κ2) is 6.68. The average molecular weight is 356 g/mol. The number of aromatic amines is 1. The summed E-state index contributed by atoms with van der Waals surface area (Å²) in [6.45, 7) is 2.03. The maximum Gasteiger partial charge on any atom is 0.317 e. The van der Waals surface area contributed by atoms with Crippen LogP contribution in [0.2, 0.25) is 0 Å². The molecule has 128 valence electrons. The van der Waals surface area contributed by atoms with Crippen LogP contribution in [0.1, 0.15) is 23.4 Å². The molecule has 0 unspecified atom stereocenters. The number of nitrogens with zero attached hydrogens (tertiary/aromatic N) is 2. The minimum absolute atomic E-state index is 0.0528. The van der Waals surface area contributed by atoms with Crippen LogP contribution in [0.15, 0.2) is 29.1 Å². The lowest BCUT2D eigenvalue weighted by Crippen LogP contribution is -2.47. The van der Waals surface area contributed by atoms with Crippen LogP contribution in [-0.4, -0.2) is 34.0 Å². The van der Waals surface area contributed by atoms with Crippen molar-refractivity contribution in [2.45, 2.75) is 13.0 Å². The van der Waals surface area contributed by atoms with E-state index in [0.29, 0.717) is 12.1 Å². The summed E-state index contributed by atoms with van der Waals surface area (Å²) in [6, 6.07) is 5.09. The maximum absolute atomic E-state index is 14.3. The quantitative estimate of drug-likeness (QED) is 0.746. The lowest BCUT2D eigenvalue weighted by atomic mass is 10.1. The number of amides is 2. The standard InChI is InChI=1S/C18H17FN4OS/c19-16-7-13-6-15(9-20-18(24)23-4-1-5-23)22-17(13)8-12(16)2-3-14-10-25-11-21-14/h2-3,6-8,10-11,22H,1,4-5,9H2,(H,20,24). The van der Waals surface area contributed by atoms with Crippen LogP contribution in [0.5, 0.6) is 0 Å². The fourth-order valence-electron chi connectivity index (χ4n) is 2.73. The number of carbonyl (C=O) groups excluding carboxylic acids is 1. The van der Waals surface area contributed by atoms with Crippen LogP contribution >= 0.6 is 11.3 Å². The van der Waals surface area contributed by atoms with Crippen molar-refractivity contribution < 1.29 is 9.18 Å². The van der Waals surface area contributed by atoms with Crippen LogP contribution in [0.3, 0.4) is 0 Å². The highest BCUT2D eigenvalue weighted by atomic mass is 32.1. The summed E-state index contributed by atoms with van der Waals surface area (Å²) in [7, 11) is 0. The molecule has 1 aromatic carbocycles. The van der Waals surface area contributed by atoms with Gasteiger partial charge in [0.15, 0.2) is 0 Å². The zero-order valence-corrected chi connectivity index (χ0v) is 14.3. The first-order valence-electron chi connectivity index (χ1n) is 8.09. The molecule has 1 fully saturated rings. The Balaban J connectivity index is 1.50. The summed E-state index contributed by atoms with van der Waals surface area (Å²) in [6.07, 6.45) is 4.57. The van der Waals surface area contributed by atoms with Crippen molar-refractivity contribution >= 4 is 40.4 Å². The lowest BCUT2D eigenvalue weighted by molar-refractivity contribution is 0.167. The highest BCUT2D eigenvalue weighted by Gasteiger charge is 2.19. The van der Waals surface area contributed by atoms with E-state index in [4.69, 9.17) is 0 Å². The van der Waals surface area contributed by atoms with Crippen molar-refractivity contribution in [1.29, 1.82) is 0 Å². The molecule has 1 saturated heterocycles. The summed E-state index contributed by atoms with van der Waals surface area (Å²) in [5.41, 5.74) is 4.74. The Morgan fingerprint density at radius 1 is 1.36 bits per heavy atom. The van der Waals surface area contributed by atoms with Crippen LogP contribution in [0, 0.1) is 5.82 Å². The molecule has 4 rings (SSSR count). The monoisotopic (exact) mass is 356 g/mol. The third-order valence-electron chi connectivity index (χ3n) is 4.25. The van der Waals surface area contributed by atoms with Gasteiger partial charge in [-0.3, -0.25) is 0 Å². The number of hydrogen-bond acceptors (Lipinski definition) is 3. The summed E-state index contributed by atoms with van der Waals surface area (Å²) in [5, 5.41) is 5.57. The number of hydrogen-bond donors (Lipinski definition) is 2. The van der Waals surface area contributed by atoms with Crippen molar-refractivity contribution in [1.82, 2.24) is 20.2 Å². The molecule has 0 atom stereocenters. The number of halogens is 1. The molecule has 7 heteroatoms. The van der Waals surface area contributed by atoms with Gasteiger partial charge >= 0.3 is 6.03 Å². The van der Waals surface area contributed by atoms with Gasteiger partial charge in [-0.15, -0.1) is 11.3 Å². The zero-order valence-electron chi connectivity index (χ0n) is 13.5. The third kappa shape index (κ3) is 3.41.